The van der Waals surface area contributed by atoms with Gasteiger partial charge < -0.3 is 5.01 Å². The van der Waals surface area contributed by atoms with Gasteiger partial charge in [0.15, 0.2) is 0 Å². The Kier molecular flexibility index (Phi) is 9.45. The number of hydrazine groups is 1. The monoisotopic (exact) mass is 244 g/mol. The first-order valence-corrected chi connectivity index (χ1v) is 6.49. The van der Waals surface area contributed by atoms with E-state index in [0.717, 1.165) is 31.1 Å². The second-order valence-corrected chi connectivity index (χ2v) is 4.53. The molecule has 0 saturated carbocycles. The highest BCUT2D eigenvalue weighted by atomic mass is 35.5. The van der Waals surface area contributed by atoms with Gasteiger partial charge in [-0.05, 0) is 32.6 Å². The average molecular weight is 245 g/mol. The van der Waals surface area contributed by atoms with Gasteiger partial charge >= 0.3 is 0 Å². The summed E-state index contributed by atoms with van der Waals surface area (Å²) in [4.78, 5) is 0. The fourth-order valence-electron chi connectivity index (χ4n) is 1.31. The zero-order valence-corrected chi connectivity index (χ0v) is 11.6. The van der Waals surface area contributed by atoms with Crippen molar-refractivity contribution in [2.75, 3.05) is 19.0 Å². The normalized spacial score (nSPS) is 13.0. The standard InChI is InChI=1S/C13H25ClN2/c1-5-6-10-16(12(2)3)15-9-7-8-13(4)11-14/h5-6,13,15H,2,7-11H2,1,3-4H3/b6-5+. The maximum absolute atomic E-state index is 5.76. The molecule has 0 aliphatic rings. The lowest BCUT2D eigenvalue weighted by Gasteiger charge is -2.24. The first-order chi connectivity index (χ1) is 7.61. The average Bonchev–Trinajstić information content (AvgIpc) is 2.27. The molecule has 1 atom stereocenters. The predicted octanol–water partition coefficient (Wildman–Crippen LogP) is 3.56. The van der Waals surface area contributed by atoms with Gasteiger partial charge in [0.25, 0.3) is 0 Å². The molecular weight excluding hydrogens is 220 g/mol. The molecule has 0 aliphatic heterocycles. The van der Waals surface area contributed by atoms with E-state index in [4.69, 9.17) is 11.6 Å². The van der Waals surface area contributed by atoms with E-state index in [0.29, 0.717) is 5.92 Å². The number of hydrogen-bond acceptors (Lipinski definition) is 2. The van der Waals surface area contributed by atoms with Gasteiger partial charge in [0.1, 0.15) is 0 Å². The van der Waals surface area contributed by atoms with E-state index >= 15 is 0 Å². The fraction of sp³-hybridized carbons (Fsp3) is 0.692. The summed E-state index contributed by atoms with van der Waals surface area (Å²) >= 11 is 5.76. The van der Waals surface area contributed by atoms with Crippen LogP contribution in [-0.4, -0.2) is 24.0 Å². The minimum absolute atomic E-state index is 0.609. The highest BCUT2D eigenvalue weighted by molar-refractivity contribution is 6.18. The number of allylic oxidation sites excluding steroid dienone is 2. The van der Waals surface area contributed by atoms with Crippen LogP contribution >= 0.6 is 11.6 Å². The van der Waals surface area contributed by atoms with Crippen LogP contribution in [0.2, 0.25) is 0 Å². The molecule has 3 heteroatoms. The van der Waals surface area contributed by atoms with Crippen molar-refractivity contribution in [2.45, 2.75) is 33.6 Å². The van der Waals surface area contributed by atoms with Crippen molar-refractivity contribution in [3.8, 4) is 0 Å². The molecular formula is C13H25ClN2. The third-order valence-electron chi connectivity index (χ3n) is 2.42. The molecule has 0 saturated heterocycles. The smallest absolute Gasteiger partial charge is 0.0521 e. The van der Waals surface area contributed by atoms with Gasteiger partial charge in [-0.15, -0.1) is 11.6 Å². The Morgan fingerprint density at radius 2 is 2.25 bits per heavy atom. The lowest BCUT2D eigenvalue weighted by Crippen LogP contribution is -2.37. The zero-order chi connectivity index (χ0) is 12.4. The number of halogens is 1. The molecule has 0 rings (SSSR count). The molecule has 0 aromatic rings. The summed E-state index contributed by atoms with van der Waals surface area (Å²) in [5.74, 6) is 1.36. The van der Waals surface area contributed by atoms with E-state index in [2.05, 4.69) is 30.0 Å². The number of rotatable bonds is 9. The quantitative estimate of drug-likeness (QED) is 0.289. The van der Waals surface area contributed by atoms with Gasteiger partial charge in [0.2, 0.25) is 0 Å². The van der Waals surface area contributed by atoms with Crippen molar-refractivity contribution >= 4 is 11.6 Å². The molecule has 0 spiro atoms. The number of alkyl halides is 1. The van der Waals surface area contributed by atoms with E-state index in [1.54, 1.807) is 0 Å². The van der Waals surface area contributed by atoms with Gasteiger partial charge in [0, 0.05) is 18.1 Å². The molecule has 0 radical (unpaired) electrons. The van der Waals surface area contributed by atoms with E-state index in [-0.39, 0.29) is 0 Å². The summed E-state index contributed by atoms with van der Waals surface area (Å²) in [5, 5.41) is 2.07. The topological polar surface area (TPSA) is 15.3 Å². The molecule has 0 amide bonds. The van der Waals surface area contributed by atoms with E-state index < -0.39 is 0 Å². The zero-order valence-electron chi connectivity index (χ0n) is 10.8. The fourth-order valence-corrected chi connectivity index (χ4v) is 1.46. The van der Waals surface area contributed by atoms with Crippen molar-refractivity contribution in [3.05, 3.63) is 24.4 Å². The number of nitrogens with one attached hydrogen (secondary N) is 1. The molecule has 1 unspecified atom stereocenters. The Hall–Kier alpha value is -0.470. The highest BCUT2D eigenvalue weighted by Gasteiger charge is 2.02. The Morgan fingerprint density at radius 1 is 1.56 bits per heavy atom. The van der Waals surface area contributed by atoms with Crippen LogP contribution in [0.3, 0.4) is 0 Å². The van der Waals surface area contributed by atoms with Gasteiger partial charge in [-0.2, -0.15) is 0 Å². The SMILES string of the molecule is C=C(C)N(C/C=C/C)NCCCC(C)CCl. The Balaban J connectivity index is 3.72. The van der Waals surface area contributed by atoms with E-state index in [9.17, 15) is 0 Å². The van der Waals surface area contributed by atoms with Gasteiger partial charge in [-0.3, -0.25) is 0 Å². The minimum Gasteiger partial charge on any atom is -0.310 e. The summed E-state index contributed by atoms with van der Waals surface area (Å²) in [6.07, 6.45) is 6.48. The van der Waals surface area contributed by atoms with Crippen LogP contribution in [0.5, 0.6) is 0 Å². The summed E-state index contributed by atoms with van der Waals surface area (Å²) in [6.45, 7) is 12.0. The van der Waals surface area contributed by atoms with Crippen molar-refractivity contribution in [1.82, 2.24) is 10.4 Å². The highest BCUT2D eigenvalue weighted by Crippen LogP contribution is 2.06. The van der Waals surface area contributed by atoms with Crippen molar-refractivity contribution in [3.63, 3.8) is 0 Å². The molecule has 0 fully saturated rings. The van der Waals surface area contributed by atoms with Crippen LogP contribution in [0.15, 0.2) is 24.4 Å². The van der Waals surface area contributed by atoms with Crippen LogP contribution in [0.25, 0.3) is 0 Å². The third-order valence-corrected chi connectivity index (χ3v) is 2.95. The molecule has 1 N–H and O–H groups in total. The van der Waals surface area contributed by atoms with Gasteiger partial charge in [0.05, 0.1) is 6.54 Å². The van der Waals surface area contributed by atoms with Crippen LogP contribution in [0.1, 0.15) is 33.6 Å². The lowest BCUT2D eigenvalue weighted by molar-refractivity contribution is 0.267. The third kappa shape index (κ3) is 7.77. The van der Waals surface area contributed by atoms with Crippen LogP contribution in [-0.2, 0) is 0 Å². The lowest BCUT2D eigenvalue weighted by atomic mass is 10.1. The summed E-state index contributed by atoms with van der Waals surface area (Å²) in [5.41, 5.74) is 4.42. The predicted molar refractivity (Wildman–Crippen MR) is 73.5 cm³/mol. The van der Waals surface area contributed by atoms with Crippen molar-refractivity contribution < 1.29 is 0 Å². The Labute approximate surface area is 105 Å². The van der Waals surface area contributed by atoms with Crippen LogP contribution in [0.4, 0.5) is 0 Å². The first kappa shape index (κ1) is 15.5. The van der Waals surface area contributed by atoms with E-state index in [1.165, 1.54) is 6.42 Å². The van der Waals surface area contributed by atoms with Crippen LogP contribution < -0.4 is 5.43 Å². The molecule has 0 aromatic carbocycles. The van der Waals surface area contributed by atoms with Crippen molar-refractivity contribution in [1.29, 1.82) is 0 Å². The Bertz CT molecular complexity index is 214. The second kappa shape index (κ2) is 9.73. The molecule has 2 nitrogen and oxygen atoms in total. The second-order valence-electron chi connectivity index (χ2n) is 4.22. The maximum Gasteiger partial charge on any atom is 0.0521 e. The molecule has 0 heterocycles. The van der Waals surface area contributed by atoms with Gasteiger partial charge in [-0.1, -0.05) is 25.7 Å². The minimum atomic E-state index is 0.609. The largest absolute Gasteiger partial charge is 0.310 e. The van der Waals surface area contributed by atoms with E-state index in [1.807, 2.05) is 19.9 Å². The summed E-state index contributed by atoms with van der Waals surface area (Å²) < 4.78 is 0. The number of nitrogens with zero attached hydrogens (tertiary/aromatic N) is 1. The molecule has 0 aromatic heterocycles. The van der Waals surface area contributed by atoms with Crippen LogP contribution in [0, 0.1) is 5.92 Å². The molecule has 16 heavy (non-hydrogen) atoms. The first-order valence-electron chi connectivity index (χ1n) is 5.95. The molecule has 94 valence electrons. The van der Waals surface area contributed by atoms with Crippen molar-refractivity contribution in [2.24, 2.45) is 5.92 Å². The maximum atomic E-state index is 5.76. The van der Waals surface area contributed by atoms with Gasteiger partial charge in [-0.25, -0.2) is 5.43 Å². The Morgan fingerprint density at radius 3 is 2.75 bits per heavy atom. The molecule has 0 aliphatic carbocycles. The summed E-state index contributed by atoms with van der Waals surface area (Å²) in [7, 11) is 0. The number of hydrogen-bond donors (Lipinski definition) is 1. The summed E-state index contributed by atoms with van der Waals surface area (Å²) in [6, 6.07) is 0. The molecule has 0 bridgehead atoms.